The van der Waals surface area contributed by atoms with E-state index in [1.54, 1.807) is 0 Å². The van der Waals surface area contributed by atoms with Crippen molar-refractivity contribution in [2.45, 2.75) is 38.5 Å². The predicted molar refractivity (Wildman–Crippen MR) is 115 cm³/mol. The number of amides is 1. The van der Waals surface area contributed by atoms with E-state index in [2.05, 4.69) is 5.10 Å². The molecule has 4 aliphatic carbocycles. The molecular formula is C24H22ClF4N3O3. The Morgan fingerprint density at radius 2 is 1.97 bits per heavy atom. The second-order valence-electron chi connectivity index (χ2n) is 10.2. The number of alkyl halides is 3. The lowest BCUT2D eigenvalue weighted by Gasteiger charge is -2.30. The third kappa shape index (κ3) is 3.55. The first kappa shape index (κ1) is 22.8. The molecule has 1 aromatic heterocycles. The maximum Gasteiger partial charge on any atom is 0.435 e. The highest BCUT2D eigenvalue weighted by atomic mass is 35.5. The summed E-state index contributed by atoms with van der Waals surface area (Å²) in [7, 11) is 0. The summed E-state index contributed by atoms with van der Waals surface area (Å²) < 4.78 is 56.6. The van der Waals surface area contributed by atoms with Gasteiger partial charge in [0.1, 0.15) is 5.82 Å². The van der Waals surface area contributed by atoms with E-state index in [0.717, 1.165) is 17.2 Å². The second kappa shape index (κ2) is 7.69. The SMILES string of the molecule is O=C(O)[C@@H]1C2CC3C(C2CC(=O)N2CCc4c(C(F)(F)F)nn(Cc5ccc(Cl)cc5F)c4C2)C31. The van der Waals surface area contributed by atoms with Gasteiger partial charge < -0.3 is 10.0 Å². The molecule has 7 rings (SSSR count). The Labute approximate surface area is 202 Å². The van der Waals surface area contributed by atoms with Gasteiger partial charge in [-0.2, -0.15) is 18.3 Å². The number of carboxylic acid groups (broad SMARTS) is 1. The summed E-state index contributed by atoms with van der Waals surface area (Å²) in [6, 6.07) is 3.95. The third-order valence-corrected chi connectivity index (χ3v) is 8.78. The summed E-state index contributed by atoms with van der Waals surface area (Å²) in [6.45, 7) is -0.142. The van der Waals surface area contributed by atoms with E-state index in [4.69, 9.17) is 11.6 Å². The van der Waals surface area contributed by atoms with E-state index in [1.165, 1.54) is 17.0 Å². The molecule has 6 atom stereocenters. The van der Waals surface area contributed by atoms with Crippen molar-refractivity contribution in [3.63, 3.8) is 0 Å². The summed E-state index contributed by atoms with van der Waals surface area (Å²) in [6.07, 6.45) is -3.60. The fraction of sp³-hybridized carbons (Fsp3) is 0.542. The summed E-state index contributed by atoms with van der Waals surface area (Å²) in [4.78, 5) is 26.3. The highest BCUT2D eigenvalue weighted by Gasteiger charge is 2.75. The maximum absolute atomic E-state index is 14.4. The molecule has 1 N–H and O–H groups in total. The number of halogens is 5. The Morgan fingerprint density at radius 3 is 2.60 bits per heavy atom. The number of rotatable bonds is 5. The van der Waals surface area contributed by atoms with E-state index < -0.39 is 23.7 Å². The number of carboxylic acids is 1. The minimum absolute atomic E-state index is 0.000455. The fourth-order valence-electron chi connectivity index (χ4n) is 7.15. The quantitative estimate of drug-likeness (QED) is 0.610. The molecule has 4 fully saturated rings. The average Bonchev–Trinajstić information content (AvgIpc) is 3.14. The molecule has 5 unspecified atom stereocenters. The molecule has 0 radical (unpaired) electrons. The number of benzene rings is 1. The molecule has 1 aromatic carbocycles. The van der Waals surface area contributed by atoms with Crippen LogP contribution in [0.3, 0.4) is 0 Å². The van der Waals surface area contributed by atoms with E-state index in [-0.39, 0.29) is 89.8 Å². The number of hydrogen-bond acceptors (Lipinski definition) is 3. The molecule has 186 valence electrons. The minimum atomic E-state index is -4.67. The van der Waals surface area contributed by atoms with Crippen molar-refractivity contribution in [3.05, 3.63) is 51.6 Å². The van der Waals surface area contributed by atoms with Crippen LogP contribution in [-0.4, -0.2) is 38.2 Å². The topological polar surface area (TPSA) is 75.4 Å². The second-order valence-corrected chi connectivity index (χ2v) is 10.6. The molecule has 6 nitrogen and oxygen atoms in total. The molecule has 0 spiro atoms. The van der Waals surface area contributed by atoms with Gasteiger partial charge in [-0.15, -0.1) is 0 Å². The zero-order valence-corrected chi connectivity index (χ0v) is 19.2. The van der Waals surface area contributed by atoms with Gasteiger partial charge >= 0.3 is 12.1 Å². The van der Waals surface area contributed by atoms with Crippen LogP contribution in [0, 0.1) is 41.3 Å². The molecule has 35 heavy (non-hydrogen) atoms. The first-order valence-electron chi connectivity index (χ1n) is 11.6. The number of aromatic nitrogens is 2. The Morgan fingerprint density at radius 1 is 1.20 bits per heavy atom. The van der Waals surface area contributed by atoms with Gasteiger partial charge in [0.2, 0.25) is 5.91 Å². The van der Waals surface area contributed by atoms with Crippen LogP contribution < -0.4 is 0 Å². The van der Waals surface area contributed by atoms with Gasteiger partial charge in [0, 0.05) is 29.1 Å². The number of nitrogens with zero attached hydrogens (tertiary/aromatic N) is 3. The number of fused-ring (bicyclic) bond motifs is 1. The summed E-state index contributed by atoms with van der Waals surface area (Å²) in [5.74, 6) is -1.11. The van der Waals surface area contributed by atoms with Gasteiger partial charge in [-0.05, 0) is 54.6 Å². The average molecular weight is 512 g/mol. The normalized spacial score (nSPS) is 30.5. The first-order valence-corrected chi connectivity index (χ1v) is 12.0. The van der Waals surface area contributed by atoms with Gasteiger partial charge in [-0.25, -0.2) is 4.39 Å². The molecule has 0 saturated heterocycles. The summed E-state index contributed by atoms with van der Waals surface area (Å²) >= 11 is 5.79. The molecule has 2 aromatic rings. The lowest BCUT2D eigenvalue weighted by Crippen LogP contribution is -2.38. The van der Waals surface area contributed by atoms with Crippen LogP contribution in [0.1, 0.15) is 35.4 Å². The van der Waals surface area contributed by atoms with Crippen molar-refractivity contribution in [1.29, 1.82) is 0 Å². The number of aliphatic carboxylic acids is 1. The fourth-order valence-corrected chi connectivity index (χ4v) is 7.31. The van der Waals surface area contributed by atoms with Crippen molar-refractivity contribution in [1.82, 2.24) is 14.7 Å². The molecule has 4 bridgehead atoms. The molecule has 1 amide bonds. The Hall–Kier alpha value is -2.62. The zero-order chi connectivity index (χ0) is 24.8. The van der Waals surface area contributed by atoms with Crippen LogP contribution in [0.25, 0.3) is 0 Å². The van der Waals surface area contributed by atoms with E-state index in [1.807, 2.05) is 0 Å². The molecule has 5 aliphatic rings. The van der Waals surface area contributed by atoms with Crippen LogP contribution in [0.15, 0.2) is 18.2 Å². The van der Waals surface area contributed by atoms with E-state index in [0.29, 0.717) is 5.92 Å². The summed E-state index contributed by atoms with van der Waals surface area (Å²) in [5, 5.41) is 13.5. The van der Waals surface area contributed by atoms with Crippen LogP contribution >= 0.6 is 11.6 Å². The zero-order valence-electron chi connectivity index (χ0n) is 18.4. The summed E-state index contributed by atoms with van der Waals surface area (Å²) in [5.41, 5.74) is -0.584. The number of carbonyl (C=O) groups excluding carboxylic acids is 1. The predicted octanol–water partition coefficient (Wildman–Crippen LogP) is 4.23. The van der Waals surface area contributed by atoms with Gasteiger partial charge in [0.15, 0.2) is 5.69 Å². The van der Waals surface area contributed by atoms with Crippen LogP contribution in [0.4, 0.5) is 17.6 Å². The minimum Gasteiger partial charge on any atom is -0.481 e. The smallest absolute Gasteiger partial charge is 0.435 e. The lowest BCUT2D eigenvalue weighted by atomic mass is 9.88. The molecule has 4 saturated carbocycles. The number of carbonyl (C=O) groups is 2. The van der Waals surface area contributed by atoms with Gasteiger partial charge in [-0.3, -0.25) is 14.3 Å². The number of hydrogen-bond donors (Lipinski definition) is 1. The highest BCUT2D eigenvalue weighted by Crippen LogP contribution is 2.76. The van der Waals surface area contributed by atoms with Gasteiger partial charge in [0.05, 0.1) is 24.7 Å². The van der Waals surface area contributed by atoms with Crippen molar-refractivity contribution < 1.29 is 32.3 Å². The molecule has 1 aliphatic heterocycles. The Balaban J connectivity index is 1.24. The van der Waals surface area contributed by atoms with E-state index >= 15 is 0 Å². The molecule has 2 heterocycles. The Kier molecular flexibility index (Phi) is 5.01. The van der Waals surface area contributed by atoms with Crippen molar-refractivity contribution in [2.24, 2.45) is 35.5 Å². The van der Waals surface area contributed by atoms with Gasteiger partial charge in [-0.1, -0.05) is 17.7 Å². The molecule has 11 heteroatoms. The third-order valence-electron chi connectivity index (χ3n) is 8.55. The van der Waals surface area contributed by atoms with Crippen LogP contribution in [0.5, 0.6) is 0 Å². The maximum atomic E-state index is 14.4. The van der Waals surface area contributed by atoms with Crippen LogP contribution in [0.2, 0.25) is 5.02 Å². The van der Waals surface area contributed by atoms with E-state index in [9.17, 15) is 32.3 Å². The van der Waals surface area contributed by atoms with Crippen molar-refractivity contribution >= 4 is 23.5 Å². The lowest BCUT2D eigenvalue weighted by molar-refractivity contribution is -0.144. The largest absolute Gasteiger partial charge is 0.481 e. The monoisotopic (exact) mass is 511 g/mol. The van der Waals surface area contributed by atoms with Crippen molar-refractivity contribution in [2.75, 3.05) is 6.54 Å². The van der Waals surface area contributed by atoms with Crippen molar-refractivity contribution in [3.8, 4) is 0 Å². The van der Waals surface area contributed by atoms with Gasteiger partial charge in [0.25, 0.3) is 0 Å². The van der Waals surface area contributed by atoms with Crippen LogP contribution in [-0.2, 0) is 35.3 Å². The molecular weight excluding hydrogens is 490 g/mol. The standard InChI is InChI=1S/C24H22ClF4N3O3/c25-11-2-1-10(16(26)5-11)8-32-17-9-31(4-3-12(17)22(30-32)24(27,28)29)18(33)7-14-13-6-15-19(14)20(15)21(13)23(34)35/h1-2,5,13-15,19-21H,3-4,6-9H2,(H,34,35)/t13?,14?,15?,19?,20?,21-/m1/s1. The highest BCUT2D eigenvalue weighted by molar-refractivity contribution is 6.30. The Bertz CT molecular complexity index is 1250. The first-order chi connectivity index (χ1) is 16.5.